The molecule has 0 amide bonds. The zero-order chi connectivity index (χ0) is 22.0. The lowest BCUT2D eigenvalue weighted by molar-refractivity contribution is -0.129. The van der Waals surface area contributed by atoms with Crippen LogP contribution in [0.3, 0.4) is 0 Å². The van der Waals surface area contributed by atoms with Gasteiger partial charge in [-0.3, -0.25) is 0 Å². The highest BCUT2D eigenvalue weighted by molar-refractivity contribution is 14.1. The van der Waals surface area contributed by atoms with Crippen LogP contribution in [0.15, 0.2) is 71.4 Å². The normalized spacial score (nSPS) is 14.5. The van der Waals surface area contributed by atoms with Crippen molar-refractivity contribution in [2.75, 3.05) is 0 Å². The van der Waals surface area contributed by atoms with E-state index in [1.165, 1.54) is 3.57 Å². The second-order valence-electron chi connectivity index (χ2n) is 6.57. The minimum absolute atomic E-state index is 0.285. The van der Waals surface area contributed by atoms with Gasteiger partial charge in [0.25, 0.3) is 0 Å². The molecule has 8 heteroatoms. The first-order valence-electron chi connectivity index (χ1n) is 9.04. The molecule has 3 aromatic rings. The van der Waals surface area contributed by atoms with Crippen molar-refractivity contribution < 1.29 is 14.3 Å². The molecule has 156 valence electrons. The Balaban J connectivity index is 1.54. The van der Waals surface area contributed by atoms with Gasteiger partial charge in [0.2, 0.25) is 5.90 Å². The predicted octanol–water partition coefficient (Wildman–Crippen LogP) is 7.03. The van der Waals surface area contributed by atoms with E-state index in [4.69, 9.17) is 9.47 Å². The fourth-order valence-corrected chi connectivity index (χ4v) is 5.67. The van der Waals surface area contributed by atoms with Gasteiger partial charge in [0.15, 0.2) is 5.70 Å². The number of aliphatic imine (C=N–C) groups is 1. The quantitative estimate of drug-likeness (QED) is 0.158. The number of carbonyl (C=O) groups excluding carboxylic acids is 1. The molecule has 0 saturated carbocycles. The molecule has 0 N–H and O–H groups in total. The molecule has 0 bridgehead atoms. The summed E-state index contributed by atoms with van der Waals surface area (Å²) in [6.45, 7) is 0.499. The lowest BCUT2D eigenvalue weighted by Gasteiger charge is -2.11. The molecule has 0 saturated heterocycles. The van der Waals surface area contributed by atoms with Crippen molar-refractivity contribution in [1.82, 2.24) is 0 Å². The third-order valence-electron chi connectivity index (χ3n) is 4.33. The Labute approximate surface area is 234 Å². The summed E-state index contributed by atoms with van der Waals surface area (Å²) in [4.78, 5) is 16.7. The molecule has 0 aliphatic carbocycles. The van der Waals surface area contributed by atoms with Gasteiger partial charge in [-0.25, -0.2) is 9.79 Å². The Morgan fingerprint density at radius 1 is 0.871 bits per heavy atom. The zero-order valence-electron chi connectivity index (χ0n) is 15.7. The number of rotatable bonds is 5. The second-order valence-corrected chi connectivity index (χ2v) is 11.4. The van der Waals surface area contributed by atoms with Crippen LogP contribution in [0.4, 0.5) is 0 Å². The van der Waals surface area contributed by atoms with E-state index >= 15 is 0 Å². The lowest BCUT2D eigenvalue weighted by atomic mass is 10.2. The van der Waals surface area contributed by atoms with Gasteiger partial charge in [0.1, 0.15) is 12.4 Å². The largest absolute Gasteiger partial charge is 0.487 e. The van der Waals surface area contributed by atoms with Gasteiger partial charge in [-0.1, -0.05) is 12.1 Å². The van der Waals surface area contributed by atoms with Gasteiger partial charge in [0, 0.05) is 12.7 Å². The fraction of sp³-hybridized carbons (Fsp3) is 0.0435. The number of hydrogen-bond acceptors (Lipinski definition) is 4. The van der Waals surface area contributed by atoms with Gasteiger partial charge in [-0.05, 0) is 156 Å². The van der Waals surface area contributed by atoms with E-state index in [0.717, 1.165) is 33.2 Å². The Hall–Kier alpha value is -0.740. The number of carbonyl (C=O) groups is 1. The summed E-state index contributed by atoms with van der Waals surface area (Å²) in [6.07, 6.45) is 1.75. The molecule has 0 unspecified atom stereocenters. The maximum Gasteiger partial charge on any atom is 0.363 e. The molecule has 0 radical (unpaired) electrons. The van der Waals surface area contributed by atoms with Crippen molar-refractivity contribution in [3.05, 3.63) is 97.3 Å². The first kappa shape index (κ1) is 23.4. The van der Waals surface area contributed by atoms with Gasteiger partial charge in [-0.2, -0.15) is 0 Å². The summed E-state index contributed by atoms with van der Waals surface area (Å²) in [5.41, 5.74) is 3.05. The number of ether oxygens (including phenoxy) is 2. The van der Waals surface area contributed by atoms with Crippen molar-refractivity contribution in [2.24, 2.45) is 4.99 Å². The number of benzene rings is 3. The van der Waals surface area contributed by atoms with Crippen molar-refractivity contribution >= 4 is 108 Å². The van der Waals surface area contributed by atoms with Crippen molar-refractivity contribution in [1.29, 1.82) is 0 Å². The lowest BCUT2D eigenvalue weighted by Crippen LogP contribution is -2.05. The van der Waals surface area contributed by atoms with Crippen LogP contribution in [0.2, 0.25) is 0 Å². The van der Waals surface area contributed by atoms with Gasteiger partial charge < -0.3 is 9.47 Å². The van der Waals surface area contributed by atoms with E-state index in [1.807, 2.05) is 36.4 Å². The smallest absolute Gasteiger partial charge is 0.363 e. The Bertz CT molecular complexity index is 1180. The number of cyclic esters (lactones) is 1. The topological polar surface area (TPSA) is 47.9 Å². The molecule has 0 fully saturated rings. The van der Waals surface area contributed by atoms with Crippen LogP contribution in [0.5, 0.6) is 5.75 Å². The SMILES string of the molecule is O=C1OC(c2ccc(I)cc2)=N/C1=C\c1cc(I)c(OCc2ccc(I)cc2)c(I)c1. The summed E-state index contributed by atoms with van der Waals surface area (Å²) >= 11 is 9.03. The Morgan fingerprint density at radius 2 is 1.45 bits per heavy atom. The van der Waals surface area contributed by atoms with Crippen LogP contribution in [0.25, 0.3) is 6.08 Å². The Kier molecular flexibility index (Phi) is 7.90. The molecule has 0 atom stereocenters. The first-order valence-corrected chi connectivity index (χ1v) is 13.4. The molecule has 3 aromatic carbocycles. The van der Waals surface area contributed by atoms with Crippen molar-refractivity contribution in [3.63, 3.8) is 0 Å². The zero-order valence-corrected chi connectivity index (χ0v) is 24.4. The van der Waals surface area contributed by atoms with E-state index in [2.05, 4.69) is 120 Å². The molecule has 0 spiro atoms. The summed E-state index contributed by atoms with van der Waals surface area (Å²) in [7, 11) is 0. The van der Waals surface area contributed by atoms with Gasteiger partial charge in [0.05, 0.1) is 7.14 Å². The minimum atomic E-state index is -0.447. The molecule has 31 heavy (non-hydrogen) atoms. The van der Waals surface area contributed by atoms with Crippen LogP contribution < -0.4 is 4.74 Å². The maximum atomic E-state index is 12.3. The molecular formula is C23H13I4NO3. The first-order chi connectivity index (χ1) is 14.9. The number of nitrogens with zero attached hydrogens (tertiary/aromatic N) is 1. The third kappa shape index (κ3) is 5.99. The van der Waals surface area contributed by atoms with Gasteiger partial charge >= 0.3 is 5.97 Å². The van der Waals surface area contributed by atoms with E-state index in [0.29, 0.717) is 12.5 Å². The molecule has 0 aromatic heterocycles. The number of hydrogen-bond donors (Lipinski definition) is 0. The van der Waals surface area contributed by atoms with E-state index < -0.39 is 5.97 Å². The molecule has 1 aliphatic heterocycles. The number of halogens is 4. The van der Waals surface area contributed by atoms with E-state index in [1.54, 1.807) is 6.08 Å². The predicted molar refractivity (Wildman–Crippen MR) is 155 cm³/mol. The van der Waals surface area contributed by atoms with Gasteiger partial charge in [-0.15, -0.1) is 0 Å². The molecule has 4 rings (SSSR count). The van der Waals surface area contributed by atoms with Crippen LogP contribution in [-0.2, 0) is 16.1 Å². The average Bonchev–Trinajstić information content (AvgIpc) is 3.09. The summed E-state index contributed by atoms with van der Waals surface area (Å²) in [5, 5.41) is 0. The summed E-state index contributed by atoms with van der Waals surface area (Å²) in [5.74, 6) is 0.714. The molecular weight excluding hydrogens is 846 g/mol. The highest BCUT2D eigenvalue weighted by Gasteiger charge is 2.24. The molecule has 1 aliphatic rings. The number of esters is 1. The van der Waals surface area contributed by atoms with E-state index in [-0.39, 0.29) is 5.70 Å². The monoisotopic (exact) mass is 859 g/mol. The maximum absolute atomic E-state index is 12.3. The third-order valence-corrected chi connectivity index (χ3v) is 7.37. The summed E-state index contributed by atoms with van der Waals surface area (Å²) < 4.78 is 15.7. The standard InChI is InChI=1S/C23H13I4NO3/c24-16-5-1-13(2-6-16)12-30-21-18(26)9-14(10-19(21)27)11-20-23(29)31-22(28-20)15-3-7-17(25)8-4-15/h1-11H,12H2/b20-11-. The fourth-order valence-electron chi connectivity index (χ4n) is 2.82. The van der Waals surface area contributed by atoms with Crippen LogP contribution in [-0.4, -0.2) is 11.9 Å². The van der Waals surface area contributed by atoms with Crippen LogP contribution >= 0.6 is 90.4 Å². The van der Waals surface area contributed by atoms with E-state index in [9.17, 15) is 4.79 Å². The molecule has 1 heterocycles. The van der Waals surface area contributed by atoms with Crippen LogP contribution in [0.1, 0.15) is 16.7 Å². The van der Waals surface area contributed by atoms with Crippen molar-refractivity contribution in [3.8, 4) is 5.75 Å². The minimum Gasteiger partial charge on any atom is -0.487 e. The van der Waals surface area contributed by atoms with Crippen molar-refractivity contribution in [2.45, 2.75) is 6.61 Å². The molecule has 4 nitrogen and oxygen atoms in total. The van der Waals surface area contributed by atoms with Crippen LogP contribution in [0, 0.1) is 14.3 Å². The summed E-state index contributed by atoms with van der Waals surface area (Å²) in [6, 6.07) is 19.9. The highest BCUT2D eigenvalue weighted by atomic mass is 127. The highest BCUT2D eigenvalue weighted by Crippen LogP contribution is 2.31. The average molecular weight is 859 g/mol. The Morgan fingerprint density at radius 3 is 2.06 bits per heavy atom. The second kappa shape index (κ2) is 10.5.